The molecule has 6 nitrogen and oxygen atoms in total. The third-order valence-corrected chi connectivity index (χ3v) is 5.22. The SMILES string of the molecule is c1ccc(C2(Sc3nnc4c(n3)[nH]c3ccccc34)OCCO2)cc1. The Morgan fingerprint density at radius 3 is 2.52 bits per heavy atom. The Labute approximate surface area is 147 Å². The molecule has 1 fully saturated rings. The number of rotatable bonds is 3. The number of fused-ring (bicyclic) bond motifs is 3. The molecule has 0 radical (unpaired) electrons. The summed E-state index contributed by atoms with van der Waals surface area (Å²) in [4.78, 5) is 7.91. The monoisotopic (exact) mass is 350 g/mol. The fourth-order valence-electron chi connectivity index (χ4n) is 2.99. The Morgan fingerprint density at radius 1 is 0.920 bits per heavy atom. The average molecular weight is 350 g/mol. The van der Waals surface area contributed by atoms with Crippen molar-refractivity contribution in [3.05, 3.63) is 60.2 Å². The summed E-state index contributed by atoms with van der Waals surface area (Å²) in [6.45, 7) is 1.06. The molecule has 124 valence electrons. The molecular weight excluding hydrogens is 336 g/mol. The van der Waals surface area contributed by atoms with Crippen LogP contribution in [0.4, 0.5) is 0 Å². The summed E-state index contributed by atoms with van der Waals surface area (Å²) in [7, 11) is 0. The van der Waals surface area contributed by atoms with Gasteiger partial charge < -0.3 is 14.5 Å². The van der Waals surface area contributed by atoms with Crippen LogP contribution in [0.2, 0.25) is 0 Å². The minimum atomic E-state index is -0.928. The molecule has 2 aromatic heterocycles. The summed E-state index contributed by atoms with van der Waals surface area (Å²) in [6.07, 6.45) is 0. The van der Waals surface area contributed by atoms with Gasteiger partial charge in [0.1, 0.15) is 5.52 Å². The summed E-state index contributed by atoms with van der Waals surface area (Å²) in [5, 5.41) is 9.24. The molecule has 0 spiro atoms. The fraction of sp³-hybridized carbons (Fsp3) is 0.167. The van der Waals surface area contributed by atoms with E-state index in [1.165, 1.54) is 11.8 Å². The molecule has 0 unspecified atom stereocenters. The van der Waals surface area contributed by atoms with Crippen molar-refractivity contribution >= 4 is 33.8 Å². The van der Waals surface area contributed by atoms with Crippen LogP contribution in [0.5, 0.6) is 0 Å². The van der Waals surface area contributed by atoms with Gasteiger partial charge in [0, 0.05) is 16.5 Å². The minimum absolute atomic E-state index is 0.504. The maximum Gasteiger partial charge on any atom is 0.253 e. The van der Waals surface area contributed by atoms with Crippen LogP contribution in [0.3, 0.4) is 0 Å². The highest BCUT2D eigenvalue weighted by atomic mass is 32.2. The van der Waals surface area contributed by atoms with Gasteiger partial charge in [-0.25, -0.2) is 4.98 Å². The van der Waals surface area contributed by atoms with Gasteiger partial charge in [-0.05, 0) is 17.8 Å². The number of hydrogen-bond donors (Lipinski definition) is 1. The quantitative estimate of drug-likeness (QED) is 0.610. The molecule has 5 rings (SSSR count). The highest BCUT2D eigenvalue weighted by Gasteiger charge is 2.41. The summed E-state index contributed by atoms with van der Waals surface area (Å²) < 4.78 is 11.8. The summed E-state index contributed by atoms with van der Waals surface area (Å²) in [5.41, 5.74) is 3.40. The van der Waals surface area contributed by atoms with E-state index in [0.717, 1.165) is 22.0 Å². The van der Waals surface area contributed by atoms with Crippen LogP contribution >= 0.6 is 11.8 Å². The Morgan fingerprint density at radius 2 is 1.68 bits per heavy atom. The zero-order chi connectivity index (χ0) is 16.7. The van der Waals surface area contributed by atoms with Crippen LogP contribution in [0.15, 0.2) is 59.8 Å². The molecule has 1 N–H and O–H groups in total. The molecule has 0 amide bonds. The summed E-state index contributed by atoms with van der Waals surface area (Å²) >= 11 is 1.33. The first-order valence-electron chi connectivity index (χ1n) is 7.98. The van der Waals surface area contributed by atoms with E-state index in [0.29, 0.717) is 24.0 Å². The third kappa shape index (κ3) is 2.48. The molecule has 1 aliphatic heterocycles. The van der Waals surface area contributed by atoms with E-state index in [9.17, 15) is 0 Å². The van der Waals surface area contributed by atoms with Crippen LogP contribution in [0, 0.1) is 0 Å². The zero-order valence-corrected chi connectivity index (χ0v) is 14.0. The van der Waals surface area contributed by atoms with Crippen molar-refractivity contribution in [3.63, 3.8) is 0 Å². The second kappa shape index (κ2) is 5.80. The van der Waals surface area contributed by atoms with Crippen molar-refractivity contribution in [2.45, 2.75) is 10.3 Å². The van der Waals surface area contributed by atoms with Crippen molar-refractivity contribution in [1.29, 1.82) is 0 Å². The van der Waals surface area contributed by atoms with Gasteiger partial charge in [0.15, 0.2) is 5.65 Å². The van der Waals surface area contributed by atoms with Crippen molar-refractivity contribution in [2.24, 2.45) is 0 Å². The largest absolute Gasteiger partial charge is 0.338 e. The van der Waals surface area contributed by atoms with Gasteiger partial charge in [0.2, 0.25) is 5.16 Å². The average Bonchev–Trinajstić information content (AvgIpc) is 3.27. The van der Waals surface area contributed by atoms with Crippen LogP contribution in [0.1, 0.15) is 5.56 Å². The molecule has 3 heterocycles. The number of nitrogens with one attached hydrogen (secondary N) is 1. The van der Waals surface area contributed by atoms with Crippen LogP contribution in [0.25, 0.3) is 22.1 Å². The first-order chi connectivity index (χ1) is 12.3. The molecule has 25 heavy (non-hydrogen) atoms. The predicted octanol–water partition coefficient (Wildman–Crippen LogP) is 3.46. The lowest BCUT2D eigenvalue weighted by Crippen LogP contribution is -2.23. The number of para-hydroxylation sites is 1. The maximum atomic E-state index is 5.92. The van der Waals surface area contributed by atoms with E-state index in [1.807, 2.05) is 54.6 Å². The van der Waals surface area contributed by atoms with Crippen molar-refractivity contribution in [3.8, 4) is 0 Å². The summed E-state index contributed by atoms with van der Waals surface area (Å²) in [6, 6.07) is 17.8. The topological polar surface area (TPSA) is 72.9 Å². The number of nitrogens with zero attached hydrogens (tertiary/aromatic N) is 3. The van der Waals surface area contributed by atoms with E-state index in [1.54, 1.807) is 0 Å². The molecule has 0 bridgehead atoms. The van der Waals surface area contributed by atoms with E-state index in [-0.39, 0.29) is 0 Å². The van der Waals surface area contributed by atoms with Gasteiger partial charge in [-0.15, -0.1) is 10.2 Å². The lowest BCUT2D eigenvalue weighted by molar-refractivity contribution is -0.0817. The number of H-pyrrole nitrogens is 1. The van der Waals surface area contributed by atoms with Crippen LogP contribution in [-0.2, 0) is 14.6 Å². The van der Waals surface area contributed by atoms with Crippen molar-refractivity contribution < 1.29 is 9.47 Å². The Hall–Kier alpha value is -2.48. The maximum absolute atomic E-state index is 5.92. The first kappa shape index (κ1) is 14.8. The minimum Gasteiger partial charge on any atom is -0.338 e. The van der Waals surface area contributed by atoms with Gasteiger partial charge in [-0.2, -0.15) is 0 Å². The molecule has 0 aliphatic carbocycles. The van der Waals surface area contributed by atoms with Gasteiger partial charge >= 0.3 is 0 Å². The lowest BCUT2D eigenvalue weighted by Gasteiger charge is -2.25. The number of aromatic amines is 1. The molecular formula is C18H14N4O2S. The van der Waals surface area contributed by atoms with Gasteiger partial charge in [0.25, 0.3) is 5.12 Å². The number of thioether (sulfide) groups is 1. The van der Waals surface area contributed by atoms with E-state index >= 15 is 0 Å². The Bertz CT molecular complexity index is 1040. The van der Waals surface area contributed by atoms with Gasteiger partial charge in [-0.3, -0.25) is 0 Å². The molecule has 1 aliphatic rings. The second-order valence-corrected chi connectivity index (χ2v) is 6.79. The first-order valence-corrected chi connectivity index (χ1v) is 8.79. The molecule has 7 heteroatoms. The number of benzene rings is 2. The second-order valence-electron chi connectivity index (χ2n) is 5.68. The third-order valence-electron chi connectivity index (χ3n) is 4.12. The van der Waals surface area contributed by atoms with E-state index in [4.69, 9.17) is 9.47 Å². The van der Waals surface area contributed by atoms with Gasteiger partial charge in [-0.1, -0.05) is 48.5 Å². The molecule has 0 atom stereocenters. The highest BCUT2D eigenvalue weighted by Crippen LogP contribution is 2.44. The molecule has 2 aromatic carbocycles. The van der Waals surface area contributed by atoms with Crippen molar-refractivity contribution in [2.75, 3.05) is 13.2 Å². The van der Waals surface area contributed by atoms with Gasteiger partial charge in [0.05, 0.1) is 13.2 Å². The number of aromatic nitrogens is 4. The normalized spacial score (nSPS) is 16.6. The lowest BCUT2D eigenvalue weighted by atomic mass is 10.2. The standard InChI is InChI=1S/C18H14N4O2S/c1-2-6-12(7-3-1)18(23-10-11-24-18)25-17-20-16-15(21-22-17)13-8-4-5-9-14(13)19-16/h1-9H,10-11H2,(H,19,20,22). The number of hydrogen-bond acceptors (Lipinski definition) is 6. The Kier molecular flexibility index (Phi) is 3.44. The predicted molar refractivity (Wildman–Crippen MR) is 95.1 cm³/mol. The van der Waals surface area contributed by atoms with Crippen LogP contribution < -0.4 is 0 Å². The fourth-order valence-corrected chi connectivity index (χ4v) is 3.99. The van der Waals surface area contributed by atoms with Crippen molar-refractivity contribution in [1.82, 2.24) is 20.2 Å². The molecule has 0 saturated carbocycles. The Balaban J connectivity index is 1.57. The highest BCUT2D eigenvalue weighted by molar-refractivity contribution is 7.99. The summed E-state index contributed by atoms with van der Waals surface area (Å²) in [5.74, 6) is 0. The number of ether oxygens (including phenoxy) is 2. The van der Waals surface area contributed by atoms with Crippen LogP contribution in [-0.4, -0.2) is 33.4 Å². The molecule has 1 saturated heterocycles. The smallest absolute Gasteiger partial charge is 0.253 e. The van der Waals surface area contributed by atoms with E-state index in [2.05, 4.69) is 20.2 Å². The van der Waals surface area contributed by atoms with E-state index < -0.39 is 5.12 Å². The molecule has 4 aromatic rings. The zero-order valence-electron chi connectivity index (χ0n) is 13.2.